The average molecular weight is 268 g/mol. The molecule has 1 aromatic heterocycles. The van der Waals surface area contributed by atoms with Gasteiger partial charge in [-0.3, -0.25) is 0 Å². The van der Waals surface area contributed by atoms with Gasteiger partial charge in [0, 0.05) is 0 Å². The van der Waals surface area contributed by atoms with Gasteiger partial charge in [-0.05, 0) is 60.7 Å². The van der Waals surface area contributed by atoms with Gasteiger partial charge in [0.1, 0.15) is 11.6 Å². The molecular weight excluding hydrogens is 255 g/mol. The molecule has 100 valence electrons. The van der Waals surface area contributed by atoms with E-state index < -0.39 is 0 Å². The van der Waals surface area contributed by atoms with Crippen LogP contribution in [0.4, 0.5) is 4.39 Å². The van der Waals surface area contributed by atoms with Crippen LogP contribution < -0.4 is 4.74 Å². The Labute approximate surface area is 115 Å². The predicted octanol–water partition coefficient (Wildman–Crippen LogP) is 3.98. The number of nitrogens with zero attached hydrogens (tertiary/aromatic N) is 1. The molecule has 4 rings (SSSR count). The van der Waals surface area contributed by atoms with Crippen molar-refractivity contribution in [3.8, 4) is 11.8 Å². The van der Waals surface area contributed by atoms with Crippen LogP contribution in [0.25, 0.3) is 11.0 Å². The van der Waals surface area contributed by atoms with E-state index in [1.807, 2.05) is 6.07 Å². The minimum Gasteiger partial charge on any atom is -0.426 e. The van der Waals surface area contributed by atoms with E-state index in [4.69, 9.17) is 4.74 Å². The summed E-state index contributed by atoms with van der Waals surface area (Å²) in [6, 6.07) is 11.0. The number of halogens is 1. The zero-order valence-electron chi connectivity index (χ0n) is 10.8. The molecule has 20 heavy (non-hydrogen) atoms. The van der Waals surface area contributed by atoms with Gasteiger partial charge >= 0.3 is 0 Å². The summed E-state index contributed by atoms with van der Waals surface area (Å²) >= 11 is 0. The average Bonchev–Trinajstić information content (AvgIpc) is 3.03. The molecule has 0 aliphatic heterocycles. The summed E-state index contributed by atoms with van der Waals surface area (Å²) in [5, 5.41) is 0. The number of aromatic amines is 1. The standard InChI is InChI=1S/C16H13FN2O/c17-12-5-7-14-15(9-12)19-16(18-14)20-13-6-4-10-2-1-3-11(10)8-13/h4-9H,1-3H2,(H,18,19). The van der Waals surface area contributed by atoms with E-state index in [9.17, 15) is 4.39 Å². The molecule has 3 nitrogen and oxygen atoms in total. The van der Waals surface area contributed by atoms with Crippen LogP contribution in [0.2, 0.25) is 0 Å². The first-order valence-electron chi connectivity index (χ1n) is 6.73. The van der Waals surface area contributed by atoms with E-state index in [2.05, 4.69) is 22.1 Å². The largest absolute Gasteiger partial charge is 0.426 e. The lowest BCUT2D eigenvalue weighted by Crippen LogP contribution is -1.88. The first-order valence-corrected chi connectivity index (χ1v) is 6.73. The third-order valence-corrected chi connectivity index (χ3v) is 3.71. The molecule has 0 fully saturated rings. The Morgan fingerprint density at radius 3 is 2.90 bits per heavy atom. The Balaban J connectivity index is 1.66. The summed E-state index contributed by atoms with van der Waals surface area (Å²) in [6.45, 7) is 0. The zero-order valence-corrected chi connectivity index (χ0v) is 10.8. The molecule has 2 aromatic carbocycles. The van der Waals surface area contributed by atoms with Gasteiger partial charge in [-0.25, -0.2) is 4.39 Å². The molecule has 0 unspecified atom stereocenters. The zero-order chi connectivity index (χ0) is 13.5. The van der Waals surface area contributed by atoms with Crippen LogP contribution in [0.3, 0.4) is 0 Å². The number of benzene rings is 2. The van der Waals surface area contributed by atoms with Crippen molar-refractivity contribution in [2.24, 2.45) is 0 Å². The molecule has 0 spiro atoms. The fraction of sp³-hybridized carbons (Fsp3) is 0.188. The number of aromatic nitrogens is 2. The van der Waals surface area contributed by atoms with Crippen LogP contribution in [0.5, 0.6) is 11.8 Å². The number of H-pyrrole nitrogens is 1. The van der Waals surface area contributed by atoms with Gasteiger partial charge in [-0.1, -0.05) is 6.07 Å². The van der Waals surface area contributed by atoms with Gasteiger partial charge in [0.2, 0.25) is 0 Å². The fourth-order valence-corrected chi connectivity index (χ4v) is 2.73. The molecule has 4 heteroatoms. The Hall–Kier alpha value is -2.36. The minimum absolute atomic E-state index is 0.287. The highest BCUT2D eigenvalue weighted by Crippen LogP contribution is 2.28. The molecule has 0 saturated carbocycles. The molecule has 0 atom stereocenters. The van der Waals surface area contributed by atoms with E-state index in [1.54, 1.807) is 6.07 Å². The number of hydrogen-bond acceptors (Lipinski definition) is 2. The summed E-state index contributed by atoms with van der Waals surface area (Å²) in [4.78, 5) is 7.28. The number of fused-ring (bicyclic) bond motifs is 2. The van der Waals surface area contributed by atoms with Crippen LogP contribution in [0, 0.1) is 5.82 Å². The third-order valence-electron chi connectivity index (χ3n) is 3.71. The highest BCUT2D eigenvalue weighted by atomic mass is 19.1. The van der Waals surface area contributed by atoms with Gasteiger partial charge < -0.3 is 9.72 Å². The molecule has 3 aromatic rings. The molecule has 1 heterocycles. The third kappa shape index (κ3) is 1.93. The molecular formula is C16H13FN2O. The molecule has 0 bridgehead atoms. The van der Waals surface area contributed by atoms with Crippen molar-refractivity contribution in [1.82, 2.24) is 9.97 Å². The van der Waals surface area contributed by atoms with Gasteiger partial charge in [-0.15, -0.1) is 0 Å². The predicted molar refractivity (Wildman–Crippen MR) is 74.6 cm³/mol. The normalized spacial score (nSPS) is 13.7. The van der Waals surface area contributed by atoms with E-state index in [1.165, 1.54) is 29.7 Å². The molecule has 1 aliphatic carbocycles. The molecule has 1 N–H and O–H groups in total. The lowest BCUT2D eigenvalue weighted by atomic mass is 10.1. The van der Waals surface area contributed by atoms with E-state index in [0.29, 0.717) is 17.0 Å². The van der Waals surface area contributed by atoms with Crippen LogP contribution >= 0.6 is 0 Å². The van der Waals surface area contributed by atoms with Gasteiger partial charge in [0.15, 0.2) is 0 Å². The lowest BCUT2D eigenvalue weighted by molar-refractivity contribution is 0.449. The summed E-state index contributed by atoms with van der Waals surface area (Å²) in [5.41, 5.74) is 4.09. The quantitative estimate of drug-likeness (QED) is 0.763. The van der Waals surface area contributed by atoms with Crippen LogP contribution in [0.15, 0.2) is 36.4 Å². The van der Waals surface area contributed by atoms with Crippen molar-refractivity contribution in [1.29, 1.82) is 0 Å². The highest BCUT2D eigenvalue weighted by Gasteiger charge is 2.12. The van der Waals surface area contributed by atoms with Crippen molar-refractivity contribution >= 4 is 11.0 Å². The van der Waals surface area contributed by atoms with E-state index in [0.717, 1.165) is 18.6 Å². The lowest BCUT2D eigenvalue weighted by Gasteiger charge is -2.04. The number of aryl methyl sites for hydroxylation is 2. The van der Waals surface area contributed by atoms with Crippen molar-refractivity contribution in [2.45, 2.75) is 19.3 Å². The summed E-state index contributed by atoms with van der Waals surface area (Å²) in [5.74, 6) is 0.482. The van der Waals surface area contributed by atoms with Crippen molar-refractivity contribution in [2.75, 3.05) is 0 Å². The van der Waals surface area contributed by atoms with Crippen molar-refractivity contribution in [3.63, 3.8) is 0 Å². The fourth-order valence-electron chi connectivity index (χ4n) is 2.73. The maximum Gasteiger partial charge on any atom is 0.300 e. The number of hydrogen-bond donors (Lipinski definition) is 1. The maximum atomic E-state index is 13.1. The molecule has 0 radical (unpaired) electrons. The monoisotopic (exact) mass is 268 g/mol. The van der Waals surface area contributed by atoms with Crippen LogP contribution in [-0.2, 0) is 12.8 Å². The number of imidazole rings is 1. The number of nitrogens with one attached hydrogen (secondary N) is 1. The SMILES string of the molecule is Fc1ccc2nc(Oc3ccc4c(c3)CCC4)[nH]c2c1. The van der Waals surface area contributed by atoms with E-state index in [-0.39, 0.29) is 5.82 Å². The van der Waals surface area contributed by atoms with Crippen molar-refractivity contribution < 1.29 is 9.13 Å². The molecule has 1 aliphatic rings. The Bertz CT molecular complexity index is 794. The molecule has 0 amide bonds. The number of rotatable bonds is 2. The number of ether oxygens (including phenoxy) is 1. The summed E-state index contributed by atoms with van der Waals surface area (Å²) in [6.07, 6.45) is 3.47. The first kappa shape index (κ1) is 11.5. The summed E-state index contributed by atoms with van der Waals surface area (Å²) < 4.78 is 18.9. The van der Waals surface area contributed by atoms with Gasteiger partial charge in [0.25, 0.3) is 6.01 Å². The summed E-state index contributed by atoms with van der Waals surface area (Å²) in [7, 11) is 0. The second-order valence-electron chi connectivity index (χ2n) is 5.09. The molecule has 0 saturated heterocycles. The first-order chi connectivity index (χ1) is 9.78. The van der Waals surface area contributed by atoms with Gasteiger partial charge in [0.05, 0.1) is 11.0 Å². The second-order valence-corrected chi connectivity index (χ2v) is 5.09. The van der Waals surface area contributed by atoms with Gasteiger partial charge in [-0.2, -0.15) is 4.98 Å². The Morgan fingerprint density at radius 2 is 1.95 bits per heavy atom. The topological polar surface area (TPSA) is 37.9 Å². The highest BCUT2D eigenvalue weighted by molar-refractivity contribution is 5.75. The van der Waals surface area contributed by atoms with Crippen LogP contribution in [-0.4, -0.2) is 9.97 Å². The Morgan fingerprint density at radius 1 is 1.05 bits per heavy atom. The van der Waals surface area contributed by atoms with Crippen LogP contribution in [0.1, 0.15) is 17.5 Å². The Kier molecular flexibility index (Phi) is 2.49. The maximum absolute atomic E-state index is 13.1. The second kappa shape index (κ2) is 4.34. The smallest absolute Gasteiger partial charge is 0.300 e. The minimum atomic E-state index is -0.287. The van der Waals surface area contributed by atoms with Crippen molar-refractivity contribution in [3.05, 3.63) is 53.3 Å². The van der Waals surface area contributed by atoms with E-state index >= 15 is 0 Å².